The Balaban J connectivity index is 2.04. The van der Waals surface area contributed by atoms with Gasteiger partial charge in [0.1, 0.15) is 5.92 Å². The zero-order valence-electron chi connectivity index (χ0n) is 11.0. The number of ketones is 3. The highest BCUT2D eigenvalue weighted by Gasteiger charge is 2.41. The molecule has 0 bridgehead atoms. The highest BCUT2D eigenvalue weighted by Crippen LogP contribution is 2.34. The molecule has 0 heterocycles. The van der Waals surface area contributed by atoms with Gasteiger partial charge in [-0.15, -0.1) is 0 Å². The molecule has 3 nitrogen and oxygen atoms in total. The van der Waals surface area contributed by atoms with Gasteiger partial charge >= 0.3 is 0 Å². The van der Waals surface area contributed by atoms with Crippen LogP contribution in [0.15, 0.2) is 60.2 Å². The summed E-state index contributed by atoms with van der Waals surface area (Å²) in [4.78, 5) is 37.1. The van der Waals surface area contributed by atoms with Crippen LogP contribution in [0.1, 0.15) is 20.7 Å². The van der Waals surface area contributed by atoms with E-state index in [9.17, 15) is 14.4 Å². The van der Waals surface area contributed by atoms with Crippen molar-refractivity contribution >= 4 is 28.1 Å². The molecule has 2 aromatic rings. The second kappa shape index (κ2) is 4.09. The Hall–Kier alpha value is -2.81. The van der Waals surface area contributed by atoms with Gasteiger partial charge in [-0.3, -0.25) is 14.4 Å². The van der Waals surface area contributed by atoms with E-state index in [1.54, 1.807) is 18.2 Å². The van der Waals surface area contributed by atoms with Crippen LogP contribution in [0, 0.1) is 5.92 Å². The van der Waals surface area contributed by atoms with Crippen molar-refractivity contribution in [1.29, 1.82) is 0 Å². The van der Waals surface area contributed by atoms with Crippen molar-refractivity contribution in [3.05, 3.63) is 71.3 Å². The van der Waals surface area contributed by atoms with Gasteiger partial charge in [0.25, 0.3) is 0 Å². The first kappa shape index (κ1) is 12.0. The lowest BCUT2D eigenvalue weighted by Gasteiger charge is -2.25. The number of carbonyl (C=O) groups is 3. The van der Waals surface area contributed by atoms with Gasteiger partial charge in [-0.05, 0) is 29.0 Å². The average molecular weight is 274 g/mol. The maximum absolute atomic E-state index is 12.6. The number of rotatable bonds is 0. The predicted octanol–water partition coefficient (Wildman–Crippen LogP) is 2.90. The number of hydrogen-bond acceptors (Lipinski definition) is 3. The van der Waals surface area contributed by atoms with Crippen LogP contribution < -0.4 is 0 Å². The molecule has 2 aliphatic rings. The third-order valence-electron chi connectivity index (χ3n) is 4.05. The van der Waals surface area contributed by atoms with Crippen molar-refractivity contribution < 1.29 is 14.4 Å². The van der Waals surface area contributed by atoms with Gasteiger partial charge in [0.15, 0.2) is 17.3 Å². The summed E-state index contributed by atoms with van der Waals surface area (Å²) in [5.41, 5.74) is 1.03. The summed E-state index contributed by atoms with van der Waals surface area (Å²) in [7, 11) is 0. The van der Waals surface area contributed by atoms with Crippen molar-refractivity contribution in [2.24, 2.45) is 5.92 Å². The summed E-state index contributed by atoms with van der Waals surface area (Å²) in [6.07, 6.45) is 4.46. The first-order chi connectivity index (χ1) is 10.2. The summed E-state index contributed by atoms with van der Waals surface area (Å²) in [5, 5.41) is 1.80. The molecule has 4 rings (SSSR count). The van der Waals surface area contributed by atoms with Gasteiger partial charge in [-0.25, -0.2) is 0 Å². The van der Waals surface area contributed by atoms with Crippen LogP contribution in [-0.2, 0) is 4.79 Å². The number of allylic oxidation sites excluding steroid dienone is 4. The molecule has 2 aromatic carbocycles. The minimum atomic E-state index is -0.962. The van der Waals surface area contributed by atoms with E-state index >= 15 is 0 Å². The first-order valence-electron chi connectivity index (χ1n) is 6.70. The average Bonchev–Trinajstić information content (AvgIpc) is 2.51. The first-order valence-corrected chi connectivity index (χ1v) is 6.70. The highest BCUT2D eigenvalue weighted by molar-refractivity contribution is 6.32. The largest absolute Gasteiger partial charge is 0.294 e. The molecule has 0 saturated carbocycles. The smallest absolute Gasteiger partial charge is 0.190 e. The Morgan fingerprint density at radius 1 is 0.857 bits per heavy atom. The molecule has 0 amide bonds. The molecule has 1 atom stereocenters. The highest BCUT2D eigenvalue weighted by atomic mass is 16.2. The van der Waals surface area contributed by atoms with Crippen LogP contribution >= 0.6 is 0 Å². The van der Waals surface area contributed by atoms with Gasteiger partial charge in [0.2, 0.25) is 0 Å². The lowest BCUT2D eigenvalue weighted by Crippen LogP contribution is -2.35. The molecule has 0 aliphatic heterocycles. The van der Waals surface area contributed by atoms with Crippen LogP contribution in [0.2, 0.25) is 0 Å². The summed E-state index contributed by atoms with van der Waals surface area (Å²) in [6.45, 7) is 0. The third-order valence-corrected chi connectivity index (χ3v) is 4.05. The van der Waals surface area contributed by atoms with Crippen molar-refractivity contribution in [2.45, 2.75) is 0 Å². The fourth-order valence-corrected chi connectivity index (χ4v) is 3.01. The van der Waals surface area contributed by atoms with Gasteiger partial charge in [0.05, 0.1) is 0 Å². The van der Waals surface area contributed by atoms with E-state index in [4.69, 9.17) is 0 Å². The Labute approximate surface area is 120 Å². The van der Waals surface area contributed by atoms with E-state index in [2.05, 4.69) is 0 Å². The Bertz CT molecular complexity index is 900. The standard InChI is InChI=1S/C18H10O3/c19-15-7-3-6-12-16(15)18(21)14-9-11-5-2-1-4-10(11)8-13(14)17(12)20/h1-9,16H. The van der Waals surface area contributed by atoms with E-state index in [0.29, 0.717) is 11.1 Å². The number of Topliss-reactive ketones (excluding diaryl/α,β-unsaturated/α-hetero) is 2. The number of carbonyl (C=O) groups excluding carboxylic acids is 3. The summed E-state index contributed by atoms with van der Waals surface area (Å²) in [6, 6.07) is 11.0. The molecule has 0 radical (unpaired) electrons. The zero-order valence-corrected chi connectivity index (χ0v) is 11.0. The van der Waals surface area contributed by atoms with Crippen molar-refractivity contribution in [1.82, 2.24) is 0 Å². The normalized spacial score (nSPS) is 20.3. The molecular formula is C18H10O3. The Morgan fingerprint density at radius 3 is 2.24 bits per heavy atom. The fourth-order valence-electron chi connectivity index (χ4n) is 3.01. The third kappa shape index (κ3) is 1.57. The molecule has 0 saturated heterocycles. The Morgan fingerprint density at radius 2 is 1.52 bits per heavy atom. The van der Waals surface area contributed by atoms with E-state index in [-0.39, 0.29) is 22.9 Å². The molecule has 100 valence electrons. The lowest BCUT2D eigenvalue weighted by atomic mass is 9.74. The molecule has 0 N–H and O–H groups in total. The topological polar surface area (TPSA) is 51.2 Å². The van der Waals surface area contributed by atoms with Gasteiger partial charge in [0, 0.05) is 16.7 Å². The molecule has 2 aliphatic carbocycles. The summed E-state index contributed by atoms with van der Waals surface area (Å²) in [5.74, 6) is -1.78. The Kier molecular flexibility index (Phi) is 2.33. The number of hydrogen-bond donors (Lipinski definition) is 0. The summed E-state index contributed by atoms with van der Waals surface area (Å²) >= 11 is 0. The molecule has 0 aromatic heterocycles. The van der Waals surface area contributed by atoms with E-state index in [1.807, 2.05) is 24.3 Å². The molecule has 3 heteroatoms. The van der Waals surface area contributed by atoms with E-state index < -0.39 is 5.92 Å². The van der Waals surface area contributed by atoms with Crippen LogP contribution in [0.25, 0.3) is 10.8 Å². The van der Waals surface area contributed by atoms with Crippen molar-refractivity contribution in [3.63, 3.8) is 0 Å². The molecular weight excluding hydrogens is 264 g/mol. The second-order valence-corrected chi connectivity index (χ2v) is 5.25. The molecule has 0 fully saturated rings. The van der Waals surface area contributed by atoms with Crippen LogP contribution in [-0.4, -0.2) is 17.3 Å². The zero-order chi connectivity index (χ0) is 14.6. The van der Waals surface area contributed by atoms with Crippen LogP contribution in [0.3, 0.4) is 0 Å². The van der Waals surface area contributed by atoms with Gasteiger partial charge < -0.3 is 0 Å². The quantitative estimate of drug-likeness (QED) is 0.694. The van der Waals surface area contributed by atoms with Gasteiger partial charge in [-0.2, -0.15) is 0 Å². The number of benzene rings is 2. The maximum Gasteiger partial charge on any atom is 0.190 e. The predicted molar refractivity (Wildman–Crippen MR) is 78.3 cm³/mol. The molecule has 0 spiro atoms. The second-order valence-electron chi connectivity index (χ2n) is 5.25. The van der Waals surface area contributed by atoms with Gasteiger partial charge in [-0.1, -0.05) is 36.4 Å². The molecule has 1 unspecified atom stereocenters. The SMILES string of the molecule is O=C1C2=CC=CC(=O)C2C(=O)c2cc3ccccc3cc21. The van der Waals surface area contributed by atoms with Crippen molar-refractivity contribution in [2.75, 3.05) is 0 Å². The van der Waals surface area contributed by atoms with Crippen LogP contribution in [0.4, 0.5) is 0 Å². The van der Waals surface area contributed by atoms with E-state index in [1.165, 1.54) is 12.2 Å². The van der Waals surface area contributed by atoms with Crippen LogP contribution in [0.5, 0.6) is 0 Å². The monoisotopic (exact) mass is 274 g/mol. The van der Waals surface area contributed by atoms with E-state index in [0.717, 1.165) is 10.8 Å². The minimum Gasteiger partial charge on any atom is -0.294 e. The minimum absolute atomic E-state index is 0.224. The lowest BCUT2D eigenvalue weighted by molar-refractivity contribution is -0.116. The van der Waals surface area contributed by atoms with Crippen molar-refractivity contribution in [3.8, 4) is 0 Å². The number of fused-ring (bicyclic) bond motifs is 3. The summed E-state index contributed by atoms with van der Waals surface area (Å²) < 4.78 is 0. The fraction of sp³-hybridized carbons (Fsp3) is 0.0556. The maximum atomic E-state index is 12.6. The molecule has 21 heavy (non-hydrogen) atoms.